The maximum atomic E-state index is 14.5. The molecule has 1 aliphatic heterocycles. The summed E-state index contributed by atoms with van der Waals surface area (Å²) in [7, 11) is 0. The first-order valence-electron chi connectivity index (χ1n) is 13.8. The van der Waals surface area contributed by atoms with E-state index in [1.165, 1.54) is 18.5 Å². The van der Waals surface area contributed by atoms with Crippen LogP contribution in [0.2, 0.25) is 0 Å². The third kappa shape index (κ3) is 4.62. The molecule has 2 atom stereocenters. The molecule has 3 aromatic heterocycles. The van der Waals surface area contributed by atoms with Crippen molar-refractivity contribution in [3.05, 3.63) is 126 Å². The van der Waals surface area contributed by atoms with Crippen LogP contribution in [-0.4, -0.2) is 35.8 Å². The van der Waals surface area contributed by atoms with Gasteiger partial charge in [0.25, 0.3) is 0 Å². The lowest BCUT2D eigenvalue weighted by molar-refractivity contribution is -0.108. The van der Waals surface area contributed by atoms with Crippen molar-refractivity contribution < 1.29 is 13.9 Å². The summed E-state index contributed by atoms with van der Waals surface area (Å²) >= 11 is 0. The third-order valence-electron chi connectivity index (χ3n) is 7.68. The van der Waals surface area contributed by atoms with Crippen LogP contribution in [0, 0.1) is 5.82 Å². The van der Waals surface area contributed by atoms with Gasteiger partial charge >= 0.3 is 0 Å². The maximum Gasteiger partial charge on any atom is 0.164 e. The lowest BCUT2D eigenvalue weighted by atomic mass is 9.83. The van der Waals surface area contributed by atoms with E-state index >= 15 is 0 Å². The molecule has 0 radical (unpaired) electrons. The number of rotatable bonds is 7. The maximum absolute atomic E-state index is 14.5. The number of halogens is 1. The molecule has 0 amide bonds. The summed E-state index contributed by atoms with van der Waals surface area (Å²) in [6.45, 7) is 2.49. The lowest BCUT2D eigenvalue weighted by Gasteiger charge is -2.31. The van der Waals surface area contributed by atoms with E-state index in [0.717, 1.165) is 17.4 Å². The number of carbonyl (C=O) groups excluding carboxylic acids is 1. The molecule has 6 aromatic rings. The minimum absolute atomic E-state index is 0.272. The number of ether oxygens (including phenoxy) is 1. The number of benzene rings is 3. The van der Waals surface area contributed by atoms with Crippen LogP contribution < -0.4 is 10.5 Å². The second-order valence-electron chi connectivity index (χ2n) is 10.4. The summed E-state index contributed by atoms with van der Waals surface area (Å²) in [6.07, 6.45) is 5.89. The molecule has 0 saturated heterocycles. The monoisotopic (exact) mass is 571 g/mol. The number of anilines is 1. The van der Waals surface area contributed by atoms with E-state index in [2.05, 4.69) is 15.1 Å². The van der Waals surface area contributed by atoms with Crippen LogP contribution in [0.4, 0.5) is 10.2 Å². The summed E-state index contributed by atoms with van der Waals surface area (Å²) in [5.41, 5.74) is 11.1. The van der Waals surface area contributed by atoms with Gasteiger partial charge in [0.05, 0.1) is 24.0 Å². The highest BCUT2D eigenvalue weighted by molar-refractivity contribution is 5.98. The standard InChI is InChI=1S/C33H26FN7O2/c1-20(31-28(22-10-7-11-24(34)14-22)26(18-42)25-12-5-6-13-27(25)43-31)41-33-29(32(35)36-19-37-33)30(39-41)23-15-38-40(17-23)16-21-8-3-2-4-9-21/h2-15,17-20,26H,16H2,1H3,(H2,35,36,37). The normalized spacial score (nSPS) is 15.3. The Morgan fingerprint density at radius 1 is 1.02 bits per heavy atom. The molecule has 4 heterocycles. The van der Waals surface area contributed by atoms with Crippen molar-refractivity contribution >= 4 is 28.7 Å². The number of carbonyl (C=O) groups is 1. The number of allylic oxidation sites excluding steroid dienone is 2. The number of aldehydes is 1. The summed E-state index contributed by atoms with van der Waals surface area (Å²) in [6, 6.07) is 23.0. The van der Waals surface area contributed by atoms with Gasteiger partial charge in [-0.1, -0.05) is 60.7 Å². The first-order chi connectivity index (χ1) is 21.0. The lowest BCUT2D eigenvalue weighted by Crippen LogP contribution is -2.23. The fourth-order valence-corrected chi connectivity index (χ4v) is 5.66. The van der Waals surface area contributed by atoms with E-state index < -0.39 is 17.8 Å². The largest absolute Gasteiger partial charge is 0.459 e. The van der Waals surface area contributed by atoms with E-state index in [1.807, 2.05) is 72.4 Å². The van der Waals surface area contributed by atoms with Crippen LogP contribution in [-0.2, 0) is 11.3 Å². The van der Waals surface area contributed by atoms with E-state index in [9.17, 15) is 9.18 Å². The summed E-state index contributed by atoms with van der Waals surface area (Å²) in [5.74, 6) is 0.181. The molecule has 2 unspecified atom stereocenters. The van der Waals surface area contributed by atoms with Crippen LogP contribution in [0.3, 0.4) is 0 Å². The van der Waals surface area contributed by atoms with Crippen LogP contribution in [0.25, 0.3) is 27.9 Å². The average Bonchev–Trinajstić information content (AvgIpc) is 3.65. The van der Waals surface area contributed by atoms with Crippen LogP contribution in [0.15, 0.2) is 103 Å². The van der Waals surface area contributed by atoms with Gasteiger partial charge in [-0.2, -0.15) is 10.2 Å². The molecule has 0 saturated carbocycles. The van der Waals surface area contributed by atoms with Crippen LogP contribution in [0.5, 0.6) is 5.75 Å². The minimum Gasteiger partial charge on any atom is -0.459 e. The van der Waals surface area contributed by atoms with Crippen molar-refractivity contribution in [2.45, 2.75) is 25.4 Å². The van der Waals surface area contributed by atoms with Gasteiger partial charge in [0.1, 0.15) is 47.5 Å². The smallest absolute Gasteiger partial charge is 0.164 e. The number of fused-ring (bicyclic) bond motifs is 2. The number of nitrogens with two attached hydrogens (primary N) is 1. The number of aromatic nitrogens is 6. The Hall–Kier alpha value is -5.64. The number of hydrogen-bond donors (Lipinski definition) is 1. The van der Waals surface area contributed by atoms with Crippen molar-refractivity contribution in [3.8, 4) is 17.0 Å². The highest BCUT2D eigenvalue weighted by Crippen LogP contribution is 2.46. The van der Waals surface area contributed by atoms with E-state index in [-0.39, 0.29) is 5.82 Å². The van der Waals surface area contributed by atoms with Crippen LogP contribution >= 0.6 is 0 Å². The first kappa shape index (κ1) is 26.3. The van der Waals surface area contributed by atoms with Gasteiger partial charge in [0.2, 0.25) is 0 Å². The Bertz CT molecular complexity index is 2010. The minimum atomic E-state index is -0.679. The Balaban J connectivity index is 1.38. The summed E-state index contributed by atoms with van der Waals surface area (Å²) in [4.78, 5) is 21.4. The molecule has 0 aliphatic carbocycles. The van der Waals surface area contributed by atoms with Gasteiger partial charge in [-0.15, -0.1) is 0 Å². The molecule has 3 aromatic carbocycles. The molecule has 43 heavy (non-hydrogen) atoms. The molecule has 2 N–H and O–H groups in total. The van der Waals surface area contributed by atoms with Gasteiger partial charge in [0.15, 0.2) is 5.65 Å². The topological polar surface area (TPSA) is 114 Å². The number of hydrogen-bond acceptors (Lipinski definition) is 7. The average molecular weight is 572 g/mol. The fraction of sp³-hybridized carbons (Fsp3) is 0.121. The van der Waals surface area contributed by atoms with Crippen LogP contribution in [0.1, 0.15) is 35.6 Å². The Kier molecular flexibility index (Phi) is 6.50. The van der Waals surface area contributed by atoms with Crippen molar-refractivity contribution in [1.82, 2.24) is 29.5 Å². The Labute approximate surface area is 246 Å². The van der Waals surface area contributed by atoms with Gasteiger partial charge in [0, 0.05) is 22.9 Å². The molecular weight excluding hydrogens is 545 g/mol. The quantitative estimate of drug-likeness (QED) is 0.241. The molecule has 0 spiro atoms. The highest BCUT2D eigenvalue weighted by Gasteiger charge is 2.35. The SMILES string of the molecule is CC(C1=C(c2cccc(F)c2)C(C=O)c2ccccc2O1)n1nc(-c2cnn(Cc3ccccc3)c2)c2c(N)ncnc21. The van der Waals surface area contributed by atoms with Gasteiger partial charge in [-0.25, -0.2) is 19.0 Å². The predicted molar refractivity (Wildman–Crippen MR) is 160 cm³/mol. The molecule has 212 valence electrons. The summed E-state index contributed by atoms with van der Waals surface area (Å²) < 4.78 is 24.5. The second-order valence-corrected chi connectivity index (χ2v) is 10.4. The molecular formula is C33H26FN7O2. The molecule has 1 aliphatic rings. The van der Waals surface area contributed by atoms with Crippen molar-refractivity contribution in [3.63, 3.8) is 0 Å². The number of para-hydroxylation sites is 1. The Morgan fingerprint density at radius 3 is 2.65 bits per heavy atom. The molecule has 7 rings (SSSR count). The van der Waals surface area contributed by atoms with E-state index in [0.29, 0.717) is 51.5 Å². The first-order valence-corrected chi connectivity index (χ1v) is 13.8. The number of nitrogens with zero attached hydrogens (tertiary/aromatic N) is 6. The molecule has 0 fully saturated rings. The van der Waals surface area contributed by atoms with E-state index in [1.54, 1.807) is 23.0 Å². The van der Waals surface area contributed by atoms with E-state index in [4.69, 9.17) is 15.6 Å². The molecule has 9 nitrogen and oxygen atoms in total. The molecule has 0 bridgehead atoms. The number of nitrogen functional groups attached to an aromatic ring is 1. The highest BCUT2D eigenvalue weighted by atomic mass is 19.1. The van der Waals surface area contributed by atoms with Gasteiger partial charge < -0.3 is 15.3 Å². The van der Waals surface area contributed by atoms with Crippen molar-refractivity contribution in [2.75, 3.05) is 5.73 Å². The van der Waals surface area contributed by atoms with Crippen molar-refractivity contribution in [1.29, 1.82) is 0 Å². The zero-order valence-corrected chi connectivity index (χ0v) is 23.1. The predicted octanol–water partition coefficient (Wildman–Crippen LogP) is 5.81. The Morgan fingerprint density at radius 2 is 1.84 bits per heavy atom. The zero-order chi connectivity index (χ0) is 29.5. The van der Waals surface area contributed by atoms with Gasteiger partial charge in [-0.05, 0) is 36.2 Å². The van der Waals surface area contributed by atoms with Crippen molar-refractivity contribution in [2.24, 2.45) is 0 Å². The second kappa shape index (κ2) is 10.6. The third-order valence-corrected chi connectivity index (χ3v) is 7.68. The zero-order valence-electron chi connectivity index (χ0n) is 23.1. The fourth-order valence-electron chi connectivity index (χ4n) is 5.66. The summed E-state index contributed by atoms with van der Waals surface area (Å²) in [5, 5.41) is 10.1. The molecule has 10 heteroatoms. The van der Waals surface area contributed by atoms with Gasteiger partial charge in [-0.3, -0.25) is 4.68 Å².